The zero-order valence-corrected chi connectivity index (χ0v) is 16.2. The van der Waals surface area contributed by atoms with E-state index in [0.29, 0.717) is 12.0 Å². The molecule has 2 aromatic carbocycles. The molecule has 1 saturated heterocycles. The van der Waals surface area contributed by atoms with Gasteiger partial charge in [0, 0.05) is 44.2 Å². The Morgan fingerprint density at radius 1 is 0.963 bits per heavy atom. The lowest BCUT2D eigenvalue weighted by molar-refractivity contribution is -0.131. The highest BCUT2D eigenvalue weighted by Crippen LogP contribution is 2.14. The second kappa shape index (κ2) is 9.55. The number of nitriles is 1. The molecule has 140 valence electrons. The number of amides is 1. The molecule has 0 aromatic heterocycles. The van der Waals surface area contributed by atoms with Gasteiger partial charge in [-0.25, -0.2) is 0 Å². The molecule has 1 amide bonds. The fraction of sp³-hybridized carbons (Fsp3) is 0.364. The lowest BCUT2D eigenvalue weighted by atomic mass is 10.1. The molecule has 5 heteroatoms. The van der Waals surface area contributed by atoms with Crippen molar-refractivity contribution in [3.05, 3.63) is 70.2 Å². The smallest absolute Gasteiger partial charge is 0.222 e. The number of carbonyl (C=O) groups is 1. The summed E-state index contributed by atoms with van der Waals surface area (Å²) in [6.07, 6.45) is 2.28. The minimum Gasteiger partial charge on any atom is -0.341 e. The Kier molecular flexibility index (Phi) is 6.86. The molecule has 0 N–H and O–H groups in total. The molecule has 0 bridgehead atoms. The maximum Gasteiger partial charge on any atom is 0.222 e. The highest BCUT2D eigenvalue weighted by Gasteiger charge is 2.19. The van der Waals surface area contributed by atoms with Crippen LogP contribution in [-0.4, -0.2) is 41.9 Å². The van der Waals surface area contributed by atoms with Crippen molar-refractivity contribution in [1.82, 2.24) is 9.80 Å². The van der Waals surface area contributed by atoms with E-state index >= 15 is 0 Å². The Morgan fingerprint density at radius 2 is 1.67 bits per heavy atom. The van der Waals surface area contributed by atoms with Crippen LogP contribution in [-0.2, 0) is 17.8 Å². The Balaban J connectivity index is 1.47. The predicted octanol–water partition coefficient (Wildman–Crippen LogP) is 3.88. The van der Waals surface area contributed by atoms with Crippen molar-refractivity contribution in [1.29, 1.82) is 5.26 Å². The van der Waals surface area contributed by atoms with Crippen molar-refractivity contribution >= 4 is 17.5 Å². The Bertz CT molecular complexity index is 796. The van der Waals surface area contributed by atoms with Crippen molar-refractivity contribution < 1.29 is 4.79 Å². The first-order valence-electron chi connectivity index (χ1n) is 9.37. The Hall–Kier alpha value is -2.35. The van der Waals surface area contributed by atoms with Crippen LogP contribution < -0.4 is 0 Å². The van der Waals surface area contributed by atoms with Gasteiger partial charge in [-0.2, -0.15) is 5.26 Å². The molecule has 3 rings (SSSR count). The number of aryl methyl sites for hydroxylation is 1. The quantitative estimate of drug-likeness (QED) is 0.789. The molecule has 0 radical (unpaired) electrons. The molecular formula is C22H24ClN3O. The van der Waals surface area contributed by atoms with Gasteiger partial charge in [-0.05, 0) is 48.2 Å². The molecule has 0 saturated carbocycles. The van der Waals surface area contributed by atoms with Gasteiger partial charge in [0.25, 0.3) is 0 Å². The van der Waals surface area contributed by atoms with Gasteiger partial charge in [0.05, 0.1) is 11.6 Å². The van der Waals surface area contributed by atoms with Crippen LogP contribution >= 0.6 is 11.6 Å². The average Bonchev–Trinajstić information content (AvgIpc) is 2.93. The van der Waals surface area contributed by atoms with Crippen molar-refractivity contribution in [3.8, 4) is 6.07 Å². The monoisotopic (exact) mass is 381 g/mol. The molecule has 0 unspecified atom stereocenters. The minimum absolute atomic E-state index is 0.227. The maximum absolute atomic E-state index is 12.6. The van der Waals surface area contributed by atoms with E-state index in [1.165, 1.54) is 5.56 Å². The molecule has 4 nitrogen and oxygen atoms in total. The minimum atomic E-state index is 0.227. The first-order chi connectivity index (χ1) is 13.1. The molecule has 0 atom stereocenters. The summed E-state index contributed by atoms with van der Waals surface area (Å²) in [5, 5.41) is 9.62. The second-order valence-electron chi connectivity index (χ2n) is 6.95. The van der Waals surface area contributed by atoms with E-state index in [2.05, 4.69) is 11.0 Å². The molecule has 1 aliphatic heterocycles. The summed E-state index contributed by atoms with van der Waals surface area (Å²) in [4.78, 5) is 17.0. The highest BCUT2D eigenvalue weighted by atomic mass is 35.5. The lowest BCUT2D eigenvalue weighted by Gasteiger charge is -2.22. The largest absolute Gasteiger partial charge is 0.341 e. The molecule has 0 aliphatic carbocycles. The molecular weight excluding hydrogens is 358 g/mol. The van der Waals surface area contributed by atoms with E-state index in [-0.39, 0.29) is 5.91 Å². The first-order valence-corrected chi connectivity index (χ1v) is 9.75. The van der Waals surface area contributed by atoms with E-state index in [4.69, 9.17) is 16.9 Å². The number of hydrogen-bond donors (Lipinski definition) is 0. The average molecular weight is 382 g/mol. The number of rotatable bonds is 5. The molecule has 0 spiro atoms. The van der Waals surface area contributed by atoms with E-state index in [1.54, 1.807) is 0 Å². The predicted molar refractivity (Wildman–Crippen MR) is 107 cm³/mol. The van der Waals surface area contributed by atoms with Crippen LogP contribution in [0, 0.1) is 11.3 Å². The summed E-state index contributed by atoms with van der Waals surface area (Å²) in [6.45, 7) is 4.32. The lowest BCUT2D eigenvalue weighted by Crippen LogP contribution is -2.35. The van der Waals surface area contributed by atoms with Crippen LogP contribution in [0.15, 0.2) is 48.5 Å². The van der Waals surface area contributed by atoms with Gasteiger partial charge in [0.15, 0.2) is 0 Å². The van der Waals surface area contributed by atoms with Crippen LogP contribution in [0.2, 0.25) is 5.02 Å². The number of halogens is 1. The van der Waals surface area contributed by atoms with Gasteiger partial charge in [-0.1, -0.05) is 35.9 Å². The molecule has 1 heterocycles. The van der Waals surface area contributed by atoms with Gasteiger partial charge < -0.3 is 4.90 Å². The zero-order valence-electron chi connectivity index (χ0n) is 15.4. The summed E-state index contributed by atoms with van der Waals surface area (Å²) in [6, 6.07) is 17.6. The third-order valence-electron chi connectivity index (χ3n) is 4.97. The van der Waals surface area contributed by atoms with E-state index in [1.807, 2.05) is 53.4 Å². The fourth-order valence-corrected chi connectivity index (χ4v) is 3.51. The van der Waals surface area contributed by atoms with Gasteiger partial charge in [-0.3, -0.25) is 9.69 Å². The molecule has 2 aromatic rings. The maximum atomic E-state index is 12.6. The summed E-state index contributed by atoms with van der Waals surface area (Å²) < 4.78 is 0. The highest BCUT2D eigenvalue weighted by molar-refractivity contribution is 6.30. The number of benzene rings is 2. The Morgan fingerprint density at radius 3 is 2.37 bits per heavy atom. The normalized spacial score (nSPS) is 15.2. The first kappa shape index (κ1) is 19.4. The number of hydrogen-bond acceptors (Lipinski definition) is 3. The molecule has 1 fully saturated rings. The van der Waals surface area contributed by atoms with Gasteiger partial charge in [0.1, 0.15) is 0 Å². The third-order valence-corrected chi connectivity index (χ3v) is 5.22. The van der Waals surface area contributed by atoms with Gasteiger partial charge in [-0.15, -0.1) is 0 Å². The van der Waals surface area contributed by atoms with Gasteiger partial charge >= 0.3 is 0 Å². The second-order valence-corrected chi connectivity index (χ2v) is 7.38. The van der Waals surface area contributed by atoms with E-state index in [9.17, 15) is 4.79 Å². The van der Waals surface area contributed by atoms with Crippen molar-refractivity contribution in [3.63, 3.8) is 0 Å². The number of carbonyl (C=O) groups excluding carboxylic acids is 1. The van der Waals surface area contributed by atoms with Gasteiger partial charge in [0.2, 0.25) is 5.91 Å². The SMILES string of the molecule is N#Cc1ccc(CN2CCCN(C(=O)CCc3ccc(Cl)cc3)CC2)cc1. The summed E-state index contributed by atoms with van der Waals surface area (Å²) >= 11 is 5.91. The summed E-state index contributed by atoms with van der Waals surface area (Å²) in [5.74, 6) is 0.227. The number of nitrogens with zero attached hydrogens (tertiary/aromatic N) is 3. The zero-order chi connectivity index (χ0) is 19.1. The third kappa shape index (κ3) is 5.82. The van der Waals surface area contributed by atoms with Crippen molar-refractivity contribution in [2.24, 2.45) is 0 Å². The fourth-order valence-electron chi connectivity index (χ4n) is 3.38. The van der Waals surface area contributed by atoms with Crippen LogP contribution in [0.3, 0.4) is 0 Å². The topological polar surface area (TPSA) is 47.3 Å². The standard InChI is InChI=1S/C22H24ClN3O/c23-21-9-6-18(7-10-21)8-11-22(27)26-13-1-12-25(14-15-26)17-20-4-2-19(16-24)3-5-20/h2-7,9-10H,1,8,11-15,17H2. The summed E-state index contributed by atoms with van der Waals surface area (Å²) in [5.41, 5.74) is 3.04. The van der Waals surface area contributed by atoms with E-state index < -0.39 is 0 Å². The van der Waals surface area contributed by atoms with Crippen molar-refractivity contribution in [2.75, 3.05) is 26.2 Å². The Labute approximate surface area is 166 Å². The summed E-state index contributed by atoms with van der Waals surface area (Å²) in [7, 11) is 0. The van der Waals surface area contributed by atoms with E-state index in [0.717, 1.165) is 56.2 Å². The van der Waals surface area contributed by atoms with Crippen LogP contribution in [0.5, 0.6) is 0 Å². The molecule has 1 aliphatic rings. The molecule has 27 heavy (non-hydrogen) atoms. The van der Waals surface area contributed by atoms with Crippen LogP contribution in [0.4, 0.5) is 0 Å². The van der Waals surface area contributed by atoms with Crippen LogP contribution in [0.25, 0.3) is 0 Å². The van der Waals surface area contributed by atoms with Crippen molar-refractivity contribution in [2.45, 2.75) is 25.8 Å². The van der Waals surface area contributed by atoms with Crippen LogP contribution in [0.1, 0.15) is 29.5 Å².